The van der Waals surface area contributed by atoms with Gasteiger partial charge in [-0.3, -0.25) is 14.0 Å². The third kappa shape index (κ3) is 1.20. The van der Waals surface area contributed by atoms with Crippen molar-refractivity contribution in [3.8, 4) is 0 Å². The fourth-order valence-corrected chi connectivity index (χ4v) is 1.36. The highest BCUT2D eigenvalue weighted by Crippen LogP contribution is 2.02. The van der Waals surface area contributed by atoms with Gasteiger partial charge in [0.05, 0.1) is 6.20 Å². The molecule has 0 spiro atoms. The molecule has 0 saturated carbocycles. The van der Waals surface area contributed by atoms with Crippen LogP contribution in [0.3, 0.4) is 0 Å². The number of aromatic nitrogens is 4. The highest BCUT2D eigenvalue weighted by molar-refractivity contribution is 5.72. The molecular weight excluding hydrogens is 182 g/mol. The number of fused-ring (bicyclic) bond motifs is 1. The van der Waals surface area contributed by atoms with E-state index in [4.69, 9.17) is 5.73 Å². The molecule has 0 radical (unpaired) electrons. The van der Waals surface area contributed by atoms with Gasteiger partial charge in [-0.05, 0) is 0 Å². The van der Waals surface area contributed by atoms with Crippen LogP contribution in [-0.4, -0.2) is 25.9 Å². The maximum Gasteiger partial charge on any atom is 0.264 e. The van der Waals surface area contributed by atoms with Gasteiger partial charge in [-0.15, -0.1) is 0 Å². The van der Waals surface area contributed by atoms with Crippen molar-refractivity contribution in [2.45, 2.75) is 6.54 Å². The summed E-state index contributed by atoms with van der Waals surface area (Å²) in [5.41, 5.74) is 5.88. The van der Waals surface area contributed by atoms with Crippen LogP contribution in [0.2, 0.25) is 0 Å². The van der Waals surface area contributed by atoms with Gasteiger partial charge in [0, 0.05) is 20.1 Å². The van der Waals surface area contributed by atoms with E-state index in [9.17, 15) is 4.79 Å². The van der Waals surface area contributed by atoms with E-state index in [0.29, 0.717) is 24.1 Å². The van der Waals surface area contributed by atoms with E-state index in [0.717, 1.165) is 0 Å². The van der Waals surface area contributed by atoms with Gasteiger partial charge in [0.15, 0.2) is 5.65 Å². The van der Waals surface area contributed by atoms with E-state index in [-0.39, 0.29) is 5.56 Å². The highest BCUT2D eigenvalue weighted by Gasteiger charge is 2.06. The summed E-state index contributed by atoms with van der Waals surface area (Å²) in [6.07, 6.45) is 3.02. The Hall–Kier alpha value is -1.69. The van der Waals surface area contributed by atoms with Crippen molar-refractivity contribution < 1.29 is 0 Å². The van der Waals surface area contributed by atoms with E-state index >= 15 is 0 Å². The summed E-state index contributed by atoms with van der Waals surface area (Å²) in [5, 5.41) is 4.50. The van der Waals surface area contributed by atoms with Crippen LogP contribution < -0.4 is 11.3 Å². The first-order chi connectivity index (χ1) is 6.74. The first-order valence-corrected chi connectivity index (χ1v) is 4.31. The summed E-state index contributed by atoms with van der Waals surface area (Å²) >= 11 is 0. The standard InChI is InChI=1S/C8H11N5O/c1-12-7-6(4-11-12)8(14)13(3-2-9)5-10-7/h4-5H,2-3,9H2,1H3. The lowest BCUT2D eigenvalue weighted by molar-refractivity contribution is 0.671. The van der Waals surface area contributed by atoms with Crippen LogP contribution in [0.5, 0.6) is 0 Å². The molecule has 2 aromatic heterocycles. The molecule has 2 N–H and O–H groups in total. The monoisotopic (exact) mass is 193 g/mol. The Morgan fingerprint density at radius 1 is 1.57 bits per heavy atom. The van der Waals surface area contributed by atoms with Gasteiger partial charge in [0.1, 0.15) is 11.7 Å². The second-order valence-corrected chi connectivity index (χ2v) is 3.04. The molecule has 0 aliphatic heterocycles. The van der Waals surface area contributed by atoms with Crippen molar-refractivity contribution in [3.63, 3.8) is 0 Å². The lowest BCUT2D eigenvalue weighted by Crippen LogP contribution is -2.24. The third-order valence-electron chi connectivity index (χ3n) is 2.09. The minimum Gasteiger partial charge on any atom is -0.329 e. The molecule has 0 bridgehead atoms. The van der Waals surface area contributed by atoms with Crippen molar-refractivity contribution in [1.82, 2.24) is 19.3 Å². The fourth-order valence-electron chi connectivity index (χ4n) is 1.36. The van der Waals surface area contributed by atoms with Crippen molar-refractivity contribution in [2.75, 3.05) is 6.54 Å². The lowest BCUT2D eigenvalue weighted by Gasteiger charge is -2.01. The molecular formula is C8H11N5O. The SMILES string of the molecule is Cn1ncc2c(=O)n(CCN)cnc21. The molecule has 2 aromatic rings. The number of aryl methyl sites for hydroxylation is 1. The second-order valence-electron chi connectivity index (χ2n) is 3.04. The van der Waals surface area contributed by atoms with Gasteiger partial charge in [-0.1, -0.05) is 0 Å². The Bertz CT molecular complexity index is 512. The van der Waals surface area contributed by atoms with Gasteiger partial charge in [0.25, 0.3) is 5.56 Å². The van der Waals surface area contributed by atoms with Gasteiger partial charge in [0.2, 0.25) is 0 Å². The van der Waals surface area contributed by atoms with E-state index in [1.165, 1.54) is 17.1 Å². The predicted octanol–water partition coefficient (Wildman–Crippen LogP) is -0.911. The van der Waals surface area contributed by atoms with Gasteiger partial charge >= 0.3 is 0 Å². The molecule has 14 heavy (non-hydrogen) atoms. The van der Waals surface area contributed by atoms with Gasteiger partial charge in [-0.2, -0.15) is 5.10 Å². The quantitative estimate of drug-likeness (QED) is 0.669. The molecule has 0 fully saturated rings. The molecule has 2 heterocycles. The molecule has 0 aliphatic carbocycles. The van der Waals surface area contributed by atoms with Crippen LogP contribution in [0, 0.1) is 0 Å². The van der Waals surface area contributed by atoms with E-state index < -0.39 is 0 Å². The highest BCUT2D eigenvalue weighted by atomic mass is 16.1. The van der Waals surface area contributed by atoms with Crippen LogP contribution in [0.15, 0.2) is 17.3 Å². The number of nitrogens with two attached hydrogens (primary N) is 1. The zero-order valence-corrected chi connectivity index (χ0v) is 7.84. The van der Waals surface area contributed by atoms with Crippen LogP contribution in [0.1, 0.15) is 0 Å². The fraction of sp³-hybridized carbons (Fsp3) is 0.375. The topological polar surface area (TPSA) is 78.7 Å². The maximum atomic E-state index is 11.7. The summed E-state index contributed by atoms with van der Waals surface area (Å²) in [7, 11) is 1.75. The first kappa shape index (κ1) is 8.89. The largest absolute Gasteiger partial charge is 0.329 e. The minimum atomic E-state index is -0.0893. The lowest BCUT2D eigenvalue weighted by atomic mass is 10.4. The van der Waals surface area contributed by atoms with Gasteiger partial charge in [-0.25, -0.2) is 4.98 Å². The average molecular weight is 193 g/mol. The predicted molar refractivity (Wildman–Crippen MR) is 51.8 cm³/mol. The molecule has 0 aromatic carbocycles. The summed E-state index contributed by atoms with van der Waals surface area (Å²) in [5.74, 6) is 0. The Kier molecular flexibility index (Phi) is 2.05. The number of rotatable bonds is 2. The Labute approximate surface area is 80.0 Å². The van der Waals surface area contributed by atoms with Crippen molar-refractivity contribution in [1.29, 1.82) is 0 Å². The minimum absolute atomic E-state index is 0.0893. The van der Waals surface area contributed by atoms with Crippen LogP contribution >= 0.6 is 0 Å². The molecule has 0 saturated heterocycles. The van der Waals surface area contributed by atoms with Crippen molar-refractivity contribution in [2.24, 2.45) is 12.8 Å². The summed E-state index contributed by atoms with van der Waals surface area (Å²) < 4.78 is 3.06. The molecule has 2 rings (SSSR count). The molecule has 0 atom stereocenters. The molecule has 0 aliphatic rings. The Morgan fingerprint density at radius 3 is 3.07 bits per heavy atom. The molecule has 6 nitrogen and oxygen atoms in total. The number of nitrogens with zero attached hydrogens (tertiary/aromatic N) is 4. The van der Waals surface area contributed by atoms with Crippen LogP contribution in [-0.2, 0) is 13.6 Å². The first-order valence-electron chi connectivity index (χ1n) is 4.31. The summed E-state index contributed by atoms with van der Waals surface area (Å²) in [4.78, 5) is 15.9. The Balaban J connectivity index is 2.70. The van der Waals surface area contributed by atoms with E-state index in [2.05, 4.69) is 10.1 Å². The van der Waals surface area contributed by atoms with Crippen LogP contribution in [0.25, 0.3) is 11.0 Å². The summed E-state index contributed by atoms with van der Waals surface area (Å²) in [6, 6.07) is 0. The normalized spacial score (nSPS) is 11.0. The average Bonchev–Trinajstić information content (AvgIpc) is 2.54. The smallest absolute Gasteiger partial charge is 0.264 e. The molecule has 74 valence electrons. The van der Waals surface area contributed by atoms with Crippen molar-refractivity contribution in [3.05, 3.63) is 22.9 Å². The second kappa shape index (κ2) is 3.22. The number of hydrogen-bond acceptors (Lipinski definition) is 4. The zero-order chi connectivity index (χ0) is 10.1. The molecule has 6 heteroatoms. The van der Waals surface area contributed by atoms with E-state index in [1.807, 2.05) is 0 Å². The summed E-state index contributed by atoms with van der Waals surface area (Å²) in [6.45, 7) is 0.907. The van der Waals surface area contributed by atoms with Crippen molar-refractivity contribution >= 4 is 11.0 Å². The van der Waals surface area contributed by atoms with E-state index in [1.54, 1.807) is 11.7 Å². The third-order valence-corrected chi connectivity index (χ3v) is 2.09. The van der Waals surface area contributed by atoms with Gasteiger partial charge < -0.3 is 5.73 Å². The maximum absolute atomic E-state index is 11.7. The molecule has 0 amide bonds. The zero-order valence-electron chi connectivity index (χ0n) is 7.84. The van der Waals surface area contributed by atoms with Crippen LogP contribution in [0.4, 0.5) is 0 Å². The Morgan fingerprint density at radius 2 is 2.36 bits per heavy atom. The molecule has 0 unspecified atom stereocenters. The number of hydrogen-bond donors (Lipinski definition) is 1.